The second-order valence-electron chi connectivity index (χ2n) is 5.58. The van der Waals surface area contributed by atoms with E-state index in [1.165, 1.54) is 18.5 Å². The third-order valence-electron chi connectivity index (χ3n) is 3.71. The van der Waals surface area contributed by atoms with Gasteiger partial charge in [-0.2, -0.15) is 5.10 Å². The van der Waals surface area contributed by atoms with Crippen LogP contribution < -0.4 is 10.1 Å². The zero-order chi connectivity index (χ0) is 18.5. The fourth-order valence-corrected chi connectivity index (χ4v) is 2.69. The van der Waals surface area contributed by atoms with Gasteiger partial charge in [0.2, 0.25) is 0 Å². The molecule has 1 N–H and O–H groups in total. The van der Waals surface area contributed by atoms with E-state index in [-0.39, 0.29) is 24.3 Å². The predicted molar refractivity (Wildman–Crippen MR) is 97.5 cm³/mol. The predicted octanol–water partition coefficient (Wildman–Crippen LogP) is 3.43. The van der Waals surface area contributed by atoms with Crippen LogP contribution in [0.5, 0.6) is 5.75 Å². The molecule has 2 aromatic carbocycles. The van der Waals surface area contributed by atoms with E-state index in [4.69, 9.17) is 4.74 Å². The number of carbonyl (C=O) groups is 1. The Kier molecular flexibility index (Phi) is 5.62. The van der Waals surface area contributed by atoms with Crippen molar-refractivity contribution in [2.45, 2.75) is 13.0 Å². The SMILES string of the molecule is C[C@H](NC(=O)COc1ccc(Br)cc1F)c1ccc(-n2cncn2)cc1. The normalized spacial score (nSPS) is 11.8. The molecule has 3 aromatic rings. The maximum Gasteiger partial charge on any atom is 0.258 e. The second kappa shape index (κ2) is 8.09. The van der Waals surface area contributed by atoms with Crippen molar-refractivity contribution in [3.05, 3.63) is 71.0 Å². The van der Waals surface area contributed by atoms with Crippen molar-refractivity contribution < 1.29 is 13.9 Å². The average molecular weight is 419 g/mol. The first-order valence-corrected chi connectivity index (χ1v) is 8.64. The number of halogens is 2. The van der Waals surface area contributed by atoms with Crippen LogP contribution in [0.2, 0.25) is 0 Å². The van der Waals surface area contributed by atoms with Gasteiger partial charge in [0.05, 0.1) is 11.7 Å². The number of aromatic nitrogens is 3. The van der Waals surface area contributed by atoms with Gasteiger partial charge in [0.1, 0.15) is 12.7 Å². The quantitative estimate of drug-likeness (QED) is 0.665. The number of amides is 1. The molecule has 0 unspecified atom stereocenters. The van der Waals surface area contributed by atoms with Crippen LogP contribution in [0.25, 0.3) is 5.69 Å². The molecule has 1 amide bonds. The molecule has 1 aromatic heterocycles. The fraction of sp³-hybridized carbons (Fsp3) is 0.167. The van der Waals surface area contributed by atoms with E-state index in [9.17, 15) is 9.18 Å². The van der Waals surface area contributed by atoms with Gasteiger partial charge in [0, 0.05) is 4.47 Å². The van der Waals surface area contributed by atoms with E-state index in [0.717, 1.165) is 11.3 Å². The summed E-state index contributed by atoms with van der Waals surface area (Å²) >= 11 is 3.17. The molecule has 26 heavy (non-hydrogen) atoms. The molecule has 0 fully saturated rings. The van der Waals surface area contributed by atoms with E-state index in [1.54, 1.807) is 17.1 Å². The molecule has 6 nitrogen and oxygen atoms in total. The van der Waals surface area contributed by atoms with Gasteiger partial charge in [-0.3, -0.25) is 4.79 Å². The third kappa shape index (κ3) is 4.45. The molecule has 1 atom stereocenters. The van der Waals surface area contributed by atoms with Crippen LogP contribution >= 0.6 is 15.9 Å². The lowest BCUT2D eigenvalue weighted by Gasteiger charge is -2.15. The molecular formula is C18H16BrFN4O2. The van der Waals surface area contributed by atoms with Crippen molar-refractivity contribution in [1.82, 2.24) is 20.1 Å². The summed E-state index contributed by atoms with van der Waals surface area (Å²) in [6.07, 6.45) is 3.07. The van der Waals surface area contributed by atoms with Crippen LogP contribution in [-0.2, 0) is 4.79 Å². The molecule has 0 saturated carbocycles. The highest BCUT2D eigenvalue weighted by molar-refractivity contribution is 9.10. The highest BCUT2D eigenvalue weighted by Crippen LogP contribution is 2.21. The summed E-state index contributed by atoms with van der Waals surface area (Å²) < 4.78 is 21.2. The molecule has 1 heterocycles. The Labute approximate surface area is 158 Å². The summed E-state index contributed by atoms with van der Waals surface area (Å²) in [6, 6.07) is 11.8. The molecule has 0 aliphatic rings. The van der Waals surface area contributed by atoms with E-state index >= 15 is 0 Å². The van der Waals surface area contributed by atoms with Crippen LogP contribution in [0.4, 0.5) is 4.39 Å². The zero-order valence-electron chi connectivity index (χ0n) is 13.9. The van der Waals surface area contributed by atoms with Crippen molar-refractivity contribution in [3.8, 4) is 11.4 Å². The molecule has 0 spiro atoms. The van der Waals surface area contributed by atoms with E-state index in [0.29, 0.717) is 4.47 Å². The third-order valence-corrected chi connectivity index (χ3v) is 4.20. The van der Waals surface area contributed by atoms with E-state index in [1.807, 2.05) is 31.2 Å². The maximum atomic E-state index is 13.7. The molecule has 0 aliphatic carbocycles. The van der Waals surface area contributed by atoms with Crippen molar-refractivity contribution in [1.29, 1.82) is 0 Å². The van der Waals surface area contributed by atoms with Gasteiger partial charge < -0.3 is 10.1 Å². The summed E-state index contributed by atoms with van der Waals surface area (Å²) in [5.74, 6) is -0.822. The average Bonchev–Trinajstić information content (AvgIpc) is 3.16. The Hall–Kier alpha value is -2.74. The van der Waals surface area contributed by atoms with Crippen molar-refractivity contribution >= 4 is 21.8 Å². The minimum absolute atomic E-state index is 0.0354. The Balaban J connectivity index is 1.55. The van der Waals surface area contributed by atoms with Crippen LogP contribution in [0.15, 0.2) is 59.6 Å². The largest absolute Gasteiger partial charge is 0.481 e. The molecule has 0 bridgehead atoms. The molecule has 3 rings (SSSR count). The molecule has 0 radical (unpaired) electrons. The molecular weight excluding hydrogens is 403 g/mol. The first kappa shape index (κ1) is 18.1. The summed E-state index contributed by atoms with van der Waals surface area (Å²) in [4.78, 5) is 15.9. The van der Waals surface area contributed by atoms with Crippen LogP contribution in [0.1, 0.15) is 18.5 Å². The van der Waals surface area contributed by atoms with Crippen LogP contribution in [0, 0.1) is 5.82 Å². The minimum atomic E-state index is -0.524. The number of benzene rings is 2. The van der Waals surface area contributed by atoms with Gasteiger partial charge in [-0.1, -0.05) is 28.1 Å². The molecule has 0 aliphatic heterocycles. The number of hydrogen-bond donors (Lipinski definition) is 1. The van der Waals surface area contributed by atoms with Crippen molar-refractivity contribution in [2.75, 3.05) is 6.61 Å². The van der Waals surface area contributed by atoms with Gasteiger partial charge in [0.15, 0.2) is 18.2 Å². The van der Waals surface area contributed by atoms with Crippen LogP contribution in [0.3, 0.4) is 0 Å². The molecule has 8 heteroatoms. The Morgan fingerprint density at radius 3 is 2.73 bits per heavy atom. The van der Waals surface area contributed by atoms with Gasteiger partial charge >= 0.3 is 0 Å². The monoisotopic (exact) mass is 418 g/mol. The van der Waals surface area contributed by atoms with Gasteiger partial charge in [-0.05, 0) is 42.8 Å². The highest BCUT2D eigenvalue weighted by Gasteiger charge is 2.12. The topological polar surface area (TPSA) is 69.0 Å². The highest BCUT2D eigenvalue weighted by atomic mass is 79.9. The Bertz CT molecular complexity index is 885. The lowest BCUT2D eigenvalue weighted by molar-refractivity contribution is -0.123. The first-order valence-electron chi connectivity index (χ1n) is 7.85. The standard InChI is InChI=1S/C18H16BrFN4O2/c1-12(13-2-5-15(6-3-13)24-11-21-10-22-24)23-18(25)9-26-17-7-4-14(19)8-16(17)20/h2-8,10-12H,9H2,1H3,(H,23,25)/t12-/m0/s1. The molecule has 0 saturated heterocycles. The van der Waals surface area contributed by atoms with Gasteiger partial charge in [0.25, 0.3) is 5.91 Å². The van der Waals surface area contributed by atoms with E-state index < -0.39 is 5.82 Å². The summed E-state index contributed by atoms with van der Waals surface area (Å²) in [7, 11) is 0. The van der Waals surface area contributed by atoms with Crippen molar-refractivity contribution in [3.63, 3.8) is 0 Å². The minimum Gasteiger partial charge on any atom is -0.481 e. The number of rotatable bonds is 6. The Morgan fingerprint density at radius 1 is 1.31 bits per heavy atom. The smallest absolute Gasteiger partial charge is 0.258 e. The number of hydrogen-bond acceptors (Lipinski definition) is 4. The number of carbonyl (C=O) groups excluding carboxylic acids is 1. The first-order chi connectivity index (χ1) is 12.5. The summed E-state index contributed by atoms with van der Waals surface area (Å²) in [5, 5.41) is 6.88. The van der Waals surface area contributed by atoms with E-state index in [2.05, 4.69) is 31.3 Å². The second-order valence-corrected chi connectivity index (χ2v) is 6.50. The van der Waals surface area contributed by atoms with Gasteiger partial charge in [-0.15, -0.1) is 0 Å². The number of nitrogens with one attached hydrogen (secondary N) is 1. The lowest BCUT2D eigenvalue weighted by atomic mass is 10.1. The van der Waals surface area contributed by atoms with Gasteiger partial charge in [-0.25, -0.2) is 14.1 Å². The lowest BCUT2D eigenvalue weighted by Crippen LogP contribution is -2.31. The van der Waals surface area contributed by atoms with Crippen molar-refractivity contribution in [2.24, 2.45) is 0 Å². The fourth-order valence-electron chi connectivity index (χ4n) is 2.36. The number of ether oxygens (including phenoxy) is 1. The number of nitrogens with zero attached hydrogens (tertiary/aromatic N) is 3. The Morgan fingerprint density at radius 2 is 2.08 bits per heavy atom. The summed E-state index contributed by atoms with van der Waals surface area (Å²) in [5.41, 5.74) is 1.80. The maximum absolute atomic E-state index is 13.7. The van der Waals surface area contributed by atoms with Crippen LogP contribution in [-0.4, -0.2) is 27.3 Å². The zero-order valence-corrected chi connectivity index (χ0v) is 15.5. The molecule has 134 valence electrons. The summed E-state index contributed by atoms with van der Waals surface area (Å²) in [6.45, 7) is 1.60.